The van der Waals surface area contributed by atoms with Gasteiger partial charge in [-0.1, -0.05) is 18.9 Å². The quantitative estimate of drug-likeness (QED) is 0.798. The topological polar surface area (TPSA) is 20.2 Å². The van der Waals surface area contributed by atoms with Crippen LogP contribution in [0, 0.1) is 17.6 Å². The largest absolute Gasteiger partial charge is 0.388 e. The fraction of sp³-hybridized carbons (Fsp3) is 0.500. The first kappa shape index (κ1) is 10.6. The molecular weight excluding hydrogens is 198 g/mol. The molecule has 1 nitrogen and oxygen atoms in total. The summed E-state index contributed by atoms with van der Waals surface area (Å²) in [5, 5.41) is 9.93. The molecule has 0 bridgehead atoms. The fourth-order valence-electron chi connectivity index (χ4n) is 2.27. The molecule has 1 aliphatic carbocycles. The lowest BCUT2D eigenvalue weighted by Gasteiger charge is -2.18. The second-order valence-electron chi connectivity index (χ2n) is 4.16. The summed E-state index contributed by atoms with van der Waals surface area (Å²) in [7, 11) is 0. The summed E-state index contributed by atoms with van der Waals surface area (Å²) in [5.41, 5.74) is 0.225. The Hall–Kier alpha value is -0.960. The zero-order chi connectivity index (χ0) is 10.8. The zero-order valence-corrected chi connectivity index (χ0v) is 8.42. The van der Waals surface area contributed by atoms with E-state index < -0.39 is 17.7 Å². The lowest BCUT2D eigenvalue weighted by atomic mass is 9.94. The van der Waals surface area contributed by atoms with Crippen molar-refractivity contribution in [2.45, 2.75) is 31.8 Å². The third-order valence-corrected chi connectivity index (χ3v) is 3.13. The number of aliphatic hydroxyl groups excluding tert-OH is 1. The van der Waals surface area contributed by atoms with Crippen LogP contribution >= 0.6 is 0 Å². The molecule has 1 saturated carbocycles. The molecular formula is C12H14F2O. The van der Waals surface area contributed by atoms with Crippen molar-refractivity contribution >= 4 is 0 Å². The van der Waals surface area contributed by atoms with Crippen LogP contribution < -0.4 is 0 Å². The number of hydrogen-bond donors (Lipinski definition) is 1. The van der Waals surface area contributed by atoms with Crippen LogP contribution in [0.25, 0.3) is 0 Å². The lowest BCUT2D eigenvalue weighted by molar-refractivity contribution is 0.108. The predicted octanol–water partition coefficient (Wildman–Crippen LogP) is 3.19. The minimum Gasteiger partial charge on any atom is -0.388 e. The van der Waals surface area contributed by atoms with Crippen LogP contribution in [0.1, 0.15) is 37.4 Å². The number of aliphatic hydroxyl groups is 1. The van der Waals surface area contributed by atoms with E-state index in [1.165, 1.54) is 12.1 Å². The molecule has 1 aliphatic rings. The number of rotatable bonds is 2. The summed E-state index contributed by atoms with van der Waals surface area (Å²) in [6.45, 7) is 0. The molecule has 1 N–H and O–H groups in total. The van der Waals surface area contributed by atoms with Crippen molar-refractivity contribution in [3.8, 4) is 0 Å². The van der Waals surface area contributed by atoms with Gasteiger partial charge in [-0.05, 0) is 24.8 Å². The second kappa shape index (κ2) is 4.27. The Labute approximate surface area is 87.7 Å². The molecule has 3 heteroatoms. The van der Waals surface area contributed by atoms with Crippen molar-refractivity contribution in [1.29, 1.82) is 0 Å². The van der Waals surface area contributed by atoms with E-state index in [2.05, 4.69) is 0 Å². The van der Waals surface area contributed by atoms with Gasteiger partial charge in [-0.3, -0.25) is 0 Å². The summed E-state index contributed by atoms with van der Waals surface area (Å²) in [6.07, 6.45) is 3.25. The highest BCUT2D eigenvalue weighted by Gasteiger charge is 2.26. The highest BCUT2D eigenvalue weighted by molar-refractivity contribution is 5.21. The second-order valence-corrected chi connectivity index (χ2v) is 4.16. The summed E-state index contributed by atoms with van der Waals surface area (Å²) in [4.78, 5) is 0. The van der Waals surface area contributed by atoms with Crippen molar-refractivity contribution in [1.82, 2.24) is 0 Å². The maximum absolute atomic E-state index is 13.4. The van der Waals surface area contributed by atoms with Crippen LogP contribution in [0.5, 0.6) is 0 Å². The first-order valence-corrected chi connectivity index (χ1v) is 5.31. The summed E-state index contributed by atoms with van der Waals surface area (Å²) < 4.78 is 26.0. The van der Waals surface area contributed by atoms with Crippen LogP contribution in [0.15, 0.2) is 18.2 Å². The molecule has 0 radical (unpaired) electrons. The standard InChI is InChI=1S/C12H14F2O/c13-9-5-6-10(11(14)7-9)12(15)8-3-1-2-4-8/h5-8,12,15H,1-4H2/t12-/m1/s1. The van der Waals surface area contributed by atoms with Gasteiger partial charge in [0.15, 0.2) is 0 Å². The minimum atomic E-state index is -0.784. The molecule has 82 valence electrons. The fourth-order valence-corrected chi connectivity index (χ4v) is 2.27. The maximum Gasteiger partial charge on any atom is 0.131 e. The Kier molecular flexibility index (Phi) is 3.00. The van der Waals surface area contributed by atoms with Crippen molar-refractivity contribution in [2.24, 2.45) is 5.92 Å². The smallest absolute Gasteiger partial charge is 0.131 e. The van der Waals surface area contributed by atoms with E-state index in [9.17, 15) is 13.9 Å². The Morgan fingerprint density at radius 1 is 1.20 bits per heavy atom. The van der Waals surface area contributed by atoms with E-state index in [4.69, 9.17) is 0 Å². The minimum absolute atomic E-state index is 0.130. The monoisotopic (exact) mass is 212 g/mol. The van der Waals surface area contributed by atoms with Crippen molar-refractivity contribution in [3.63, 3.8) is 0 Å². The van der Waals surface area contributed by atoms with Crippen LogP contribution in [-0.4, -0.2) is 5.11 Å². The van der Waals surface area contributed by atoms with Gasteiger partial charge < -0.3 is 5.11 Å². The molecule has 1 atom stereocenters. The molecule has 0 aliphatic heterocycles. The average Bonchev–Trinajstić information content (AvgIpc) is 2.69. The molecule has 0 heterocycles. The van der Waals surface area contributed by atoms with Gasteiger partial charge in [0.05, 0.1) is 6.10 Å². The number of hydrogen-bond acceptors (Lipinski definition) is 1. The average molecular weight is 212 g/mol. The van der Waals surface area contributed by atoms with Gasteiger partial charge >= 0.3 is 0 Å². The molecule has 0 spiro atoms. The molecule has 0 saturated heterocycles. The first-order chi connectivity index (χ1) is 7.18. The summed E-state index contributed by atoms with van der Waals surface area (Å²) in [6, 6.07) is 3.36. The highest BCUT2D eigenvalue weighted by atomic mass is 19.1. The van der Waals surface area contributed by atoms with Crippen LogP contribution in [0.2, 0.25) is 0 Å². The first-order valence-electron chi connectivity index (χ1n) is 5.31. The molecule has 1 aromatic carbocycles. The molecule has 15 heavy (non-hydrogen) atoms. The van der Waals surface area contributed by atoms with Crippen molar-refractivity contribution in [3.05, 3.63) is 35.4 Å². The molecule has 1 fully saturated rings. The van der Waals surface area contributed by atoms with E-state index in [1.54, 1.807) is 0 Å². The van der Waals surface area contributed by atoms with Gasteiger partial charge in [-0.25, -0.2) is 8.78 Å². The Morgan fingerprint density at radius 3 is 2.47 bits per heavy atom. The number of benzene rings is 1. The van der Waals surface area contributed by atoms with E-state index in [-0.39, 0.29) is 11.5 Å². The SMILES string of the molecule is O[C@@H](c1ccc(F)cc1F)C1CCCC1. The Balaban J connectivity index is 2.20. The van der Waals surface area contributed by atoms with Gasteiger partial charge in [0.2, 0.25) is 0 Å². The van der Waals surface area contributed by atoms with Gasteiger partial charge in [-0.2, -0.15) is 0 Å². The summed E-state index contributed by atoms with van der Waals surface area (Å²) in [5.74, 6) is -1.12. The zero-order valence-electron chi connectivity index (χ0n) is 8.42. The van der Waals surface area contributed by atoms with Crippen molar-refractivity contribution in [2.75, 3.05) is 0 Å². The van der Waals surface area contributed by atoms with Crippen molar-refractivity contribution < 1.29 is 13.9 Å². The lowest BCUT2D eigenvalue weighted by Crippen LogP contribution is -2.10. The molecule has 0 amide bonds. The third-order valence-electron chi connectivity index (χ3n) is 3.13. The highest BCUT2D eigenvalue weighted by Crippen LogP contribution is 2.36. The van der Waals surface area contributed by atoms with Gasteiger partial charge in [-0.15, -0.1) is 0 Å². The molecule has 0 unspecified atom stereocenters. The predicted molar refractivity (Wildman–Crippen MR) is 53.3 cm³/mol. The Morgan fingerprint density at radius 2 is 1.87 bits per heavy atom. The van der Waals surface area contributed by atoms with Crippen LogP contribution in [0.3, 0.4) is 0 Å². The molecule has 1 aromatic rings. The summed E-state index contributed by atoms with van der Waals surface area (Å²) >= 11 is 0. The van der Waals surface area contributed by atoms with Crippen LogP contribution in [0.4, 0.5) is 8.78 Å². The number of halogens is 2. The molecule has 2 rings (SSSR count). The normalized spacial score (nSPS) is 19.4. The maximum atomic E-state index is 13.4. The van der Waals surface area contributed by atoms with Gasteiger partial charge in [0.25, 0.3) is 0 Å². The van der Waals surface area contributed by atoms with E-state index >= 15 is 0 Å². The Bertz CT molecular complexity index is 345. The van der Waals surface area contributed by atoms with E-state index in [0.717, 1.165) is 31.7 Å². The molecule has 0 aromatic heterocycles. The van der Waals surface area contributed by atoms with E-state index in [1.807, 2.05) is 0 Å². The van der Waals surface area contributed by atoms with Gasteiger partial charge in [0, 0.05) is 11.6 Å². The third kappa shape index (κ3) is 2.17. The van der Waals surface area contributed by atoms with Gasteiger partial charge in [0.1, 0.15) is 11.6 Å². The van der Waals surface area contributed by atoms with E-state index in [0.29, 0.717) is 0 Å². The van der Waals surface area contributed by atoms with Crippen LogP contribution in [-0.2, 0) is 0 Å².